The summed E-state index contributed by atoms with van der Waals surface area (Å²) in [6, 6.07) is 4.17. The van der Waals surface area contributed by atoms with Gasteiger partial charge in [-0.15, -0.1) is 0 Å². The molecule has 7 heteroatoms. The van der Waals surface area contributed by atoms with Gasteiger partial charge in [0.05, 0.1) is 30.8 Å². The second-order valence-electron chi connectivity index (χ2n) is 3.97. The summed E-state index contributed by atoms with van der Waals surface area (Å²) in [5.41, 5.74) is 0. The highest BCUT2D eigenvalue weighted by atomic mass is 32.2. The summed E-state index contributed by atoms with van der Waals surface area (Å²) in [5.74, 6) is -0.463. The van der Waals surface area contributed by atoms with Crippen LogP contribution >= 0.6 is 0 Å². The molecule has 1 aromatic carbocycles. The summed E-state index contributed by atoms with van der Waals surface area (Å²) in [4.78, 5) is 10.6. The smallest absolute Gasteiger partial charge is 0.304 e. The predicted octanol–water partition coefficient (Wildman–Crippen LogP) is 1.34. The Labute approximate surface area is 111 Å². The number of hydrogen-bond acceptors (Lipinski definition) is 5. The minimum Gasteiger partial charge on any atom is -0.493 e. The normalized spacial score (nSPS) is 12.8. The van der Waals surface area contributed by atoms with Crippen molar-refractivity contribution in [3.63, 3.8) is 0 Å². The monoisotopic (exact) mass is 288 g/mol. The van der Waals surface area contributed by atoms with Gasteiger partial charge in [0.25, 0.3) is 0 Å². The minimum atomic E-state index is -3.71. The maximum Gasteiger partial charge on any atom is 0.304 e. The third-order valence-electron chi connectivity index (χ3n) is 2.68. The predicted molar refractivity (Wildman–Crippen MR) is 68.4 cm³/mol. The fourth-order valence-electron chi connectivity index (χ4n) is 1.58. The standard InChI is InChI=1S/C12H16O6S/c1-8(6-12(13)14)19(15,16)9-4-5-10(17-2)11(7-9)18-3/h4-5,7-8H,6H2,1-3H3,(H,13,14). The molecule has 0 saturated carbocycles. The molecule has 0 spiro atoms. The minimum absolute atomic E-state index is 0.0129. The Balaban J connectivity index is 3.18. The summed E-state index contributed by atoms with van der Waals surface area (Å²) < 4.78 is 34.4. The van der Waals surface area contributed by atoms with Gasteiger partial charge in [-0.1, -0.05) is 0 Å². The average molecular weight is 288 g/mol. The number of carboxylic acids is 1. The molecule has 6 nitrogen and oxygen atoms in total. The third kappa shape index (κ3) is 3.37. The number of rotatable bonds is 6. The molecule has 0 aliphatic heterocycles. The lowest BCUT2D eigenvalue weighted by Crippen LogP contribution is -2.21. The molecular weight excluding hydrogens is 272 g/mol. The van der Waals surface area contributed by atoms with Crippen LogP contribution in [0.5, 0.6) is 11.5 Å². The number of ether oxygens (including phenoxy) is 2. The van der Waals surface area contributed by atoms with E-state index in [2.05, 4.69) is 0 Å². The van der Waals surface area contributed by atoms with E-state index < -0.39 is 27.5 Å². The lowest BCUT2D eigenvalue weighted by molar-refractivity contribution is -0.136. The number of sulfone groups is 1. The van der Waals surface area contributed by atoms with Crippen molar-refractivity contribution in [2.75, 3.05) is 14.2 Å². The van der Waals surface area contributed by atoms with E-state index in [0.717, 1.165) is 0 Å². The van der Waals surface area contributed by atoms with Crippen LogP contribution in [0.25, 0.3) is 0 Å². The van der Waals surface area contributed by atoms with Gasteiger partial charge in [0.2, 0.25) is 0 Å². The van der Waals surface area contributed by atoms with E-state index in [1.54, 1.807) is 0 Å². The zero-order valence-corrected chi connectivity index (χ0v) is 11.7. The van der Waals surface area contributed by atoms with Crippen molar-refractivity contribution in [1.29, 1.82) is 0 Å². The molecule has 0 radical (unpaired) electrons. The Hall–Kier alpha value is -1.76. The Bertz CT molecular complexity index is 564. The zero-order chi connectivity index (χ0) is 14.6. The quantitative estimate of drug-likeness (QED) is 0.849. The number of carboxylic acid groups (broad SMARTS) is 1. The maximum absolute atomic E-state index is 12.2. The van der Waals surface area contributed by atoms with E-state index in [1.807, 2.05) is 0 Å². The van der Waals surface area contributed by atoms with Crippen molar-refractivity contribution in [2.45, 2.75) is 23.5 Å². The molecule has 0 heterocycles. The summed E-state index contributed by atoms with van der Waals surface area (Å²) in [6.07, 6.45) is -0.448. The second-order valence-corrected chi connectivity index (χ2v) is 6.34. The van der Waals surface area contributed by atoms with E-state index in [-0.39, 0.29) is 10.6 Å². The fraction of sp³-hybridized carbons (Fsp3) is 0.417. The van der Waals surface area contributed by atoms with Crippen LogP contribution in [0.4, 0.5) is 0 Å². The molecule has 0 fully saturated rings. The molecule has 0 saturated heterocycles. The van der Waals surface area contributed by atoms with Gasteiger partial charge >= 0.3 is 5.97 Å². The van der Waals surface area contributed by atoms with E-state index in [0.29, 0.717) is 5.75 Å². The Morgan fingerprint density at radius 1 is 1.26 bits per heavy atom. The molecule has 19 heavy (non-hydrogen) atoms. The molecule has 1 unspecified atom stereocenters. The number of methoxy groups -OCH3 is 2. The molecule has 1 aromatic rings. The summed E-state index contributed by atoms with van der Waals surface area (Å²) >= 11 is 0. The highest BCUT2D eigenvalue weighted by molar-refractivity contribution is 7.92. The van der Waals surface area contributed by atoms with Gasteiger partial charge in [0.15, 0.2) is 21.3 Å². The molecule has 106 valence electrons. The number of aliphatic carboxylic acids is 1. The van der Waals surface area contributed by atoms with E-state index >= 15 is 0 Å². The topological polar surface area (TPSA) is 89.9 Å². The van der Waals surface area contributed by atoms with Crippen molar-refractivity contribution < 1.29 is 27.8 Å². The molecule has 1 N–H and O–H groups in total. The Morgan fingerprint density at radius 2 is 1.84 bits per heavy atom. The highest BCUT2D eigenvalue weighted by Crippen LogP contribution is 2.31. The van der Waals surface area contributed by atoms with Crippen molar-refractivity contribution in [1.82, 2.24) is 0 Å². The van der Waals surface area contributed by atoms with Gasteiger partial charge in [-0.05, 0) is 19.1 Å². The first-order chi connectivity index (χ1) is 8.82. The van der Waals surface area contributed by atoms with Crippen LogP contribution in [0, 0.1) is 0 Å². The molecule has 0 bridgehead atoms. The fourth-order valence-corrected chi connectivity index (χ4v) is 2.94. The average Bonchev–Trinajstić information content (AvgIpc) is 2.36. The van der Waals surface area contributed by atoms with E-state index in [4.69, 9.17) is 14.6 Å². The first kappa shape index (κ1) is 15.3. The summed E-state index contributed by atoms with van der Waals surface area (Å²) in [5, 5.41) is 7.66. The lowest BCUT2D eigenvalue weighted by Gasteiger charge is -2.13. The number of hydrogen-bond donors (Lipinski definition) is 1. The zero-order valence-electron chi connectivity index (χ0n) is 10.9. The second kappa shape index (κ2) is 5.92. The Morgan fingerprint density at radius 3 is 2.32 bits per heavy atom. The maximum atomic E-state index is 12.2. The molecule has 0 aromatic heterocycles. The van der Waals surface area contributed by atoms with Crippen LogP contribution in [0.2, 0.25) is 0 Å². The number of carbonyl (C=O) groups is 1. The first-order valence-electron chi connectivity index (χ1n) is 5.50. The lowest BCUT2D eigenvalue weighted by atomic mass is 10.3. The van der Waals surface area contributed by atoms with Crippen LogP contribution in [0.15, 0.2) is 23.1 Å². The first-order valence-corrected chi connectivity index (χ1v) is 7.05. The molecule has 0 aliphatic carbocycles. The van der Waals surface area contributed by atoms with Gasteiger partial charge in [-0.2, -0.15) is 0 Å². The largest absolute Gasteiger partial charge is 0.493 e. The highest BCUT2D eigenvalue weighted by Gasteiger charge is 2.26. The van der Waals surface area contributed by atoms with E-state index in [9.17, 15) is 13.2 Å². The van der Waals surface area contributed by atoms with Gasteiger partial charge in [0, 0.05) is 6.07 Å². The van der Waals surface area contributed by atoms with Crippen molar-refractivity contribution >= 4 is 15.8 Å². The molecular formula is C12H16O6S. The molecule has 0 amide bonds. The van der Waals surface area contributed by atoms with Crippen LogP contribution in [0.1, 0.15) is 13.3 Å². The Kier molecular flexibility index (Phi) is 4.77. The van der Waals surface area contributed by atoms with Crippen LogP contribution < -0.4 is 9.47 Å². The van der Waals surface area contributed by atoms with Gasteiger partial charge in [0.1, 0.15) is 0 Å². The van der Waals surface area contributed by atoms with Crippen molar-refractivity contribution in [2.24, 2.45) is 0 Å². The summed E-state index contributed by atoms with van der Waals surface area (Å²) in [6.45, 7) is 1.36. The van der Waals surface area contributed by atoms with Crippen LogP contribution in [-0.2, 0) is 14.6 Å². The third-order valence-corrected chi connectivity index (χ3v) is 4.81. The van der Waals surface area contributed by atoms with Gasteiger partial charge in [-0.25, -0.2) is 8.42 Å². The van der Waals surface area contributed by atoms with Gasteiger partial charge < -0.3 is 14.6 Å². The SMILES string of the molecule is COc1ccc(S(=O)(=O)C(C)CC(=O)O)cc1OC. The van der Waals surface area contributed by atoms with Crippen molar-refractivity contribution in [3.8, 4) is 11.5 Å². The van der Waals surface area contributed by atoms with E-state index in [1.165, 1.54) is 39.3 Å². The molecule has 0 aliphatic rings. The van der Waals surface area contributed by atoms with Crippen molar-refractivity contribution in [3.05, 3.63) is 18.2 Å². The van der Waals surface area contributed by atoms with Gasteiger partial charge in [-0.3, -0.25) is 4.79 Å². The molecule has 1 atom stereocenters. The van der Waals surface area contributed by atoms with Crippen LogP contribution in [0.3, 0.4) is 0 Å². The molecule has 1 rings (SSSR count). The summed E-state index contributed by atoms with van der Waals surface area (Å²) in [7, 11) is -0.867. The number of benzene rings is 1. The van der Waals surface area contributed by atoms with Crippen LogP contribution in [-0.4, -0.2) is 39.0 Å².